The molecule has 1 aliphatic rings. The van der Waals surface area contributed by atoms with Crippen LogP contribution in [0, 0.1) is 0 Å². The third-order valence-electron chi connectivity index (χ3n) is 6.49. The maximum atomic E-state index is 13.8. The highest BCUT2D eigenvalue weighted by Gasteiger charge is 2.41. The first kappa shape index (κ1) is 31.6. The number of nitrogens with zero attached hydrogens (tertiary/aromatic N) is 1. The molecule has 0 aliphatic carbocycles. The van der Waals surface area contributed by atoms with Gasteiger partial charge in [-0.2, -0.15) is 0 Å². The Balaban J connectivity index is 1.66. The van der Waals surface area contributed by atoms with Crippen molar-refractivity contribution >= 4 is 39.2 Å². The molecule has 3 atom stereocenters. The van der Waals surface area contributed by atoms with Gasteiger partial charge in [0.25, 0.3) is 7.52 Å². The molecule has 0 aromatic heterocycles. The molecule has 0 spiro atoms. The Hall–Kier alpha value is -1.90. The van der Waals surface area contributed by atoms with Crippen molar-refractivity contribution in [3.8, 4) is 0 Å². The molecule has 2 aromatic rings. The number of unbranched alkanes of at least 4 members (excludes halogenated alkanes) is 1. The fraction of sp³-hybridized carbons (Fsp3) is 0.517. The Morgan fingerprint density at radius 1 is 1.08 bits per heavy atom. The normalized spacial score (nSPS) is 19.5. The summed E-state index contributed by atoms with van der Waals surface area (Å²) in [5.41, 5.74) is 2.19. The Morgan fingerprint density at radius 2 is 1.74 bits per heavy atom. The number of carbonyl (C=O) groups is 2. The van der Waals surface area contributed by atoms with E-state index in [2.05, 4.69) is 36.9 Å². The summed E-state index contributed by atoms with van der Waals surface area (Å²) in [6.07, 6.45) is 2.84. The molecular formula is C29H43N2O5PSSi. The summed E-state index contributed by atoms with van der Waals surface area (Å²) in [4.78, 5) is 28.1. The van der Waals surface area contributed by atoms with Crippen LogP contribution in [0.3, 0.4) is 0 Å². The molecule has 3 rings (SSSR count). The highest BCUT2D eigenvalue weighted by molar-refractivity contribution is 7.99. The summed E-state index contributed by atoms with van der Waals surface area (Å²) in [6, 6.07) is 20.1. The van der Waals surface area contributed by atoms with Crippen molar-refractivity contribution < 1.29 is 23.4 Å². The average Bonchev–Trinajstić information content (AvgIpc) is 2.90. The topological polar surface area (TPSA) is 84.9 Å². The van der Waals surface area contributed by atoms with Gasteiger partial charge in [0.15, 0.2) is 0 Å². The number of amides is 1. The van der Waals surface area contributed by atoms with E-state index in [0.29, 0.717) is 24.9 Å². The van der Waals surface area contributed by atoms with Crippen molar-refractivity contribution in [1.29, 1.82) is 0 Å². The summed E-state index contributed by atoms with van der Waals surface area (Å²) < 4.78 is 25.0. The molecule has 1 fully saturated rings. The van der Waals surface area contributed by atoms with E-state index in [1.807, 2.05) is 55.5 Å². The number of hydrogen-bond donors (Lipinski definition) is 1. The minimum absolute atomic E-state index is 0.148. The number of ether oxygens (including phenoxy) is 1. The van der Waals surface area contributed by atoms with Gasteiger partial charge in [0, 0.05) is 20.0 Å². The summed E-state index contributed by atoms with van der Waals surface area (Å²) in [6.45, 7) is 9.00. The second-order valence-corrected chi connectivity index (χ2v) is 20.1. The van der Waals surface area contributed by atoms with Crippen LogP contribution in [0.2, 0.25) is 25.7 Å². The van der Waals surface area contributed by atoms with Crippen LogP contribution in [0.1, 0.15) is 36.3 Å². The number of rotatable bonds is 15. The van der Waals surface area contributed by atoms with Crippen LogP contribution in [0.4, 0.5) is 0 Å². The zero-order valence-corrected chi connectivity index (χ0v) is 26.3. The Bertz CT molecular complexity index is 1100. The molecule has 2 unspecified atom stereocenters. The van der Waals surface area contributed by atoms with Gasteiger partial charge < -0.3 is 14.2 Å². The molecule has 1 saturated heterocycles. The summed E-state index contributed by atoms with van der Waals surface area (Å²) in [7, 11) is -4.61. The van der Waals surface area contributed by atoms with Gasteiger partial charge in [0.2, 0.25) is 5.91 Å². The SMILES string of the molecule is CCOP(=O)(CCCCc1ccccc1)NC1CS[C@H](c2ccccc2)N(CC(=O)OCC[Si](C)(C)C)C1=O. The number of carbonyl (C=O) groups excluding carboxylic acids is 2. The first-order valence-corrected chi connectivity index (χ1v) is 20.3. The van der Waals surface area contributed by atoms with E-state index in [1.54, 1.807) is 16.7 Å². The van der Waals surface area contributed by atoms with Crippen LogP contribution >= 0.6 is 19.3 Å². The quantitative estimate of drug-likeness (QED) is 0.112. The molecule has 10 heteroatoms. The van der Waals surface area contributed by atoms with Crippen LogP contribution in [-0.2, 0) is 29.8 Å². The van der Waals surface area contributed by atoms with Gasteiger partial charge in [0.1, 0.15) is 18.0 Å². The third kappa shape index (κ3) is 10.5. The van der Waals surface area contributed by atoms with E-state index < -0.39 is 27.6 Å². The van der Waals surface area contributed by atoms with Crippen molar-refractivity contribution in [1.82, 2.24) is 9.99 Å². The van der Waals surface area contributed by atoms with E-state index in [1.165, 1.54) is 5.56 Å². The predicted molar refractivity (Wildman–Crippen MR) is 163 cm³/mol. The highest BCUT2D eigenvalue weighted by Crippen LogP contribution is 2.46. The zero-order valence-electron chi connectivity index (χ0n) is 23.6. The van der Waals surface area contributed by atoms with Gasteiger partial charge in [-0.05, 0) is 43.4 Å². The molecular weight excluding hydrogens is 547 g/mol. The minimum Gasteiger partial charge on any atom is -0.465 e. The average molecular weight is 591 g/mol. The number of hydrogen-bond acceptors (Lipinski definition) is 6. The Morgan fingerprint density at radius 3 is 2.38 bits per heavy atom. The maximum absolute atomic E-state index is 13.8. The van der Waals surface area contributed by atoms with Crippen molar-refractivity contribution in [3.05, 3.63) is 71.8 Å². The summed E-state index contributed by atoms with van der Waals surface area (Å²) in [5, 5.41) is 2.77. The molecule has 1 N–H and O–H groups in total. The van der Waals surface area contributed by atoms with E-state index >= 15 is 0 Å². The number of nitrogens with one attached hydrogen (secondary N) is 1. The first-order valence-electron chi connectivity index (χ1n) is 13.8. The van der Waals surface area contributed by atoms with Crippen LogP contribution < -0.4 is 5.09 Å². The molecule has 7 nitrogen and oxygen atoms in total. The number of benzene rings is 2. The molecule has 0 radical (unpaired) electrons. The molecule has 214 valence electrons. The lowest BCUT2D eigenvalue weighted by Gasteiger charge is -2.39. The monoisotopic (exact) mass is 590 g/mol. The Labute approximate surface area is 238 Å². The smallest absolute Gasteiger partial charge is 0.325 e. The van der Waals surface area contributed by atoms with Crippen molar-refractivity contribution in [2.45, 2.75) is 63.3 Å². The molecule has 39 heavy (non-hydrogen) atoms. The lowest BCUT2D eigenvalue weighted by molar-refractivity contribution is -0.150. The van der Waals surface area contributed by atoms with Crippen molar-refractivity contribution in [2.24, 2.45) is 0 Å². The third-order valence-corrected chi connectivity index (χ3v) is 11.8. The Kier molecular flexibility index (Phi) is 12.3. The van der Waals surface area contributed by atoms with Crippen LogP contribution in [-0.4, -0.2) is 62.6 Å². The number of aryl methyl sites for hydroxylation is 1. The van der Waals surface area contributed by atoms with E-state index in [0.717, 1.165) is 24.4 Å². The lowest BCUT2D eigenvalue weighted by atomic mass is 10.1. The summed E-state index contributed by atoms with van der Waals surface area (Å²) >= 11 is 1.56. The molecule has 1 aliphatic heterocycles. The second kappa shape index (κ2) is 15.2. The van der Waals surface area contributed by atoms with E-state index in [4.69, 9.17) is 9.26 Å². The second-order valence-electron chi connectivity index (χ2n) is 11.0. The highest BCUT2D eigenvalue weighted by atomic mass is 32.2. The first-order chi connectivity index (χ1) is 18.6. The molecule has 2 aromatic carbocycles. The number of esters is 1. The van der Waals surface area contributed by atoms with Crippen LogP contribution in [0.15, 0.2) is 60.7 Å². The largest absolute Gasteiger partial charge is 0.465 e. The van der Waals surface area contributed by atoms with Gasteiger partial charge in [0.05, 0.1) is 13.2 Å². The van der Waals surface area contributed by atoms with Gasteiger partial charge in [-0.15, -0.1) is 11.8 Å². The van der Waals surface area contributed by atoms with Crippen LogP contribution in [0.5, 0.6) is 0 Å². The fourth-order valence-electron chi connectivity index (χ4n) is 4.37. The molecule has 0 saturated carbocycles. The lowest BCUT2D eigenvalue weighted by Crippen LogP contribution is -2.53. The van der Waals surface area contributed by atoms with Gasteiger partial charge >= 0.3 is 5.97 Å². The van der Waals surface area contributed by atoms with Gasteiger partial charge in [-0.3, -0.25) is 14.2 Å². The molecule has 0 bridgehead atoms. The number of thioether (sulfide) groups is 1. The summed E-state index contributed by atoms with van der Waals surface area (Å²) in [5.74, 6) is -0.243. The molecule has 1 amide bonds. The zero-order chi connectivity index (χ0) is 28.3. The van der Waals surface area contributed by atoms with Crippen molar-refractivity contribution in [3.63, 3.8) is 0 Å². The van der Waals surface area contributed by atoms with Crippen LogP contribution in [0.25, 0.3) is 0 Å². The molecule has 1 heterocycles. The van der Waals surface area contributed by atoms with E-state index in [-0.39, 0.29) is 24.4 Å². The van der Waals surface area contributed by atoms with Gasteiger partial charge in [-0.25, -0.2) is 5.09 Å². The maximum Gasteiger partial charge on any atom is 0.325 e. The standard InChI is InChI=1S/C29H43N2O5PSSi/c1-5-36-37(34,20-13-12-16-24-14-8-6-9-15-24)30-26-23-38-29(25-17-10-7-11-18-25)31(28(26)33)22-27(32)35-19-21-39(2,3)4/h6-11,14-15,17-18,26,29H,5,12-13,16,19-23H2,1-4H3,(H,30,34)/t26?,29-,37?/m1/s1. The predicted octanol–water partition coefficient (Wildman–Crippen LogP) is 6.35. The van der Waals surface area contributed by atoms with E-state index in [9.17, 15) is 14.2 Å². The minimum atomic E-state index is -3.26. The van der Waals surface area contributed by atoms with Gasteiger partial charge in [-0.1, -0.05) is 80.3 Å². The fourth-order valence-corrected chi connectivity index (χ4v) is 8.59. The van der Waals surface area contributed by atoms with Crippen molar-refractivity contribution in [2.75, 3.05) is 31.7 Å².